The van der Waals surface area contributed by atoms with Crippen molar-refractivity contribution in [2.45, 2.75) is 32.0 Å². The number of ether oxygens (including phenoxy) is 2. The Morgan fingerprint density at radius 2 is 1.24 bits per heavy atom. The van der Waals surface area contributed by atoms with Crippen LogP contribution in [-0.2, 0) is 18.6 Å². The molecule has 0 radical (unpaired) electrons. The van der Waals surface area contributed by atoms with Gasteiger partial charge in [0.25, 0.3) is 0 Å². The number of benzene rings is 4. The zero-order chi connectivity index (χ0) is 30.1. The summed E-state index contributed by atoms with van der Waals surface area (Å²) in [5.74, 6) is -13.2. The molecule has 0 spiro atoms. The first-order chi connectivity index (χ1) is 19.2. The lowest BCUT2D eigenvalue weighted by atomic mass is 10.0. The Morgan fingerprint density at radius 3 is 1.83 bits per heavy atom. The number of hydrogen-bond donors (Lipinski definition) is 0. The second kappa shape index (κ2) is 11.3. The molecule has 0 saturated carbocycles. The predicted molar refractivity (Wildman–Crippen MR) is 128 cm³/mol. The summed E-state index contributed by atoms with van der Waals surface area (Å²) in [6, 6.07) is 8.16. The molecule has 0 fully saturated rings. The van der Waals surface area contributed by atoms with Crippen molar-refractivity contribution in [2.75, 3.05) is 0 Å². The van der Waals surface area contributed by atoms with Crippen molar-refractivity contribution in [3.8, 4) is 22.6 Å². The molecule has 2 nitrogen and oxygen atoms in total. The van der Waals surface area contributed by atoms with E-state index >= 15 is 0 Å². The lowest BCUT2D eigenvalue weighted by Crippen LogP contribution is -2.25. The standard InChI is InChI=1S/C29H18F10O2/c1-2-3-15-4-6-17(7-5-15)28(36,37)40-18-8-10-20(21(30)14-18)29(38,39)41-24-11-9-19(25(33)27(24)35)16-12-22(31)26(34)23(32)13-16/h4-14H,2-3H2,1H3. The maximum absolute atomic E-state index is 14.7. The highest BCUT2D eigenvalue weighted by Crippen LogP contribution is 2.39. The lowest BCUT2D eigenvalue weighted by molar-refractivity contribution is -0.189. The molecule has 41 heavy (non-hydrogen) atoms. The van der Waals surface area contributed by atoms with Crippen LogP contribution in [0.4, 0.5) is 43.9 Å². The minimum atomic E-state index is -4.65. The van der Waals surface area contributed by atoms with Crippen LogP contribution in [0.5, 0.6) is 11.5 Å². The summed E-state index contributed by atoms with van der Waals surface area (Å²) in [5.41, 5.74) is -2.75. The molecule has 0 aliphatic heterocycles. The largest absolute Gasteiger partial charge is 0.429 e. The number of halogens is 10. The molecule has 0 bridgehead atoms. The van der Waals surface area contributed by atoms with Crippen molar-refractivity contribution >= 4 is 0 Å². The molecule has 0 unspecified atom stereocenters. The molecule has 0 N–H and O–H groups in total. The van der Waals surface area contributed by atoms with Gasteiger partial charge in [0.05, 0.1) is 5.56 Å². The highest BCUT2D eigenvalue weighted by molar-refractivity contribution is 5.65. The Hall–Kier alpha value is -4.22. The molecule has 0 atom stereocenters. The summed E-state index contributed by atoms with van der Waals surface area (Å²) in [7, 11) is 0. The van der Waals surface area contributed by atoms with E-state index in [2.05, 4.69) is 9.47 Å². The molecular weight excluding hydrogens is 570 g/mol. The molecule has 4 aromatic carbocycles. The monoisotopic (exact) mass is 588 g/mol. The van der Waals surface area contributed by atoms with E-state index in [9.17, 15) is 43.9 Å². The average Bonchev–Trinajstić information content (AvgIpc) is 2.90. The zero-order valence-electron chi connectivity index (χ0n) is 20.9. The maximum Gasteiger partial charge on any atom is 0.429 e. The van der Waals surface area contributed by atoms with Gasteiger partial charge in [-0.1, -0.05) is 25.5 Å². The number of alkyl halides is 4. The van der Waals surface area contributed by atoms with Gasteiger partial charge < -0.3 is 9.47 Å². The van der Waals surface area contributed by atoms with Crippen LogP contribution in [-0.4, -0.2) is 0 Å². The summed E-state index contributed by atoms with van der Waals surface area (Å²) < 4.78 is 151. The summed E-state index contributed by atoms with van der Waals surface area (Å²) in [6.07, 6.45) is -7.15. The van der Waals surface area contributed by atoms with Gasteiger partial charge in [-0.25, -0.2) is 22.0 Å². The first kappa shape index (κ1) is 29.8. The van der Waals surface area contributed by atoms with Crippen molar-refractivity contribution in [3.63, 3.8) is 0 Å². The second-order valence-electron chi connectivity index (χ2n) is 8.82. The Morgan fingerprint density at radius 1 is 0.610 bits per heavy atom. The van der Waals surface area contributed by atoms with Gasteiger partial charge >= 0.3 is 12.2 Å². The van der Waals surface area contributed by atoms with E-state index in [1.165, 1.54) is 12.1 Å². The van der Waals surface area contributed by atoms with E-state index in [0.29, 0.717) is 42.8 Å². The molecule has 12 heteroatoms. The molecule has 0 aliphatic carbocycles. The van der Waals surface area contributed by atoms with Gasteiger partial charge in [-0.05, 0) is 66.1 Å². The normalized spacial score (nSPS) is 12.0. The van der Waals surface area contributed by atoms with Crippen LogP contribution in [0.3, 0.4) is 0 Å². The van der Waals surface area contributed by atoms with E-state index in [1.54, 1.807) is 0 Å². The lowest BCUT2D eigenvalue weighted by Gasteiger charge is -2.21. The first-order valence-electron chi connectivity index (χ1n) is 11.9. The smallest absolute Gasteiger partial charge is 0.429 e. The highest BCUT2D eigenvalue weighted by atomic mass is 19.3. The fourth-order valence-electron chi connectivity index (χ4n) is 3.89. The van der Waals surface area contributed by atoms with Crippen molar-refractivity contribution < 1.29 is 53.4 Å². The van der Waals surface area contributed by atoms with Crippen molar-refractivity contribution in [1.82, 2.24) is 0 Å². The molecule has 4 aromatic rings. The Bertz CT molecular complexity index is 1550. The number of rotatable bonds is 9. The van der Waals surface area contributed by atoms with E-state index in [0.717, 1.165) is 24.1 Å². The van der Waals surface area contributed by atoms with Crippen LogP contribution in [0, 0.1) is 34.9 Å². The van der Waals surface area contributed by atoms with Crippen molar-refractivity contribution in [1.29, 1.82) is 0 Å². The van der Waals surface area contributed by atoms with Gasteiger partial charge in [0.15, 0.2) is 29.0 Å². The predicted octanol–water partition coefficient (Wildman–Crippen LogP) is 9.40. The molecular formula is C29H18F10O2. The fraction of sp³-hybridized carbons (Fsp3) is 0.172. The molecule has 4 rings (SSSR count). The van der Waals surface area contributed by atoms with Crippen LogP contribution in [0.15, 0.2) is 66.7 Å². The third-order valence-electron chi connectivity index (χ3n) is 5.91. The van der Waals surface area contributed by atoms with Crippen LogP contribution in [0.2, 0.25) is 0 Å². The Kier molecular flexibility index (Phi) is 8.23. The van der Waals surface area contributed by atoms with Gasteiger partial charge in [0.1, 0.15) is 17.1 Å². The SMILES string of the molecule is CCCc1ccc(C(F)(F)Oc2ccc(C(F)(F)Oc3ccc(-c4cc(F)c(F)c(F)c4)c(F)c3F)c(F)c2)cc1. The van der Waals surface area contributed by atoms with Gasteiger partial charge in [0.2, 0.25) is 5.82 Å². The van der Waals surface area contributed by atoms with Gasteiger partial charge in [0, 0.05) is 11.6 Å². The van der Waals surface area contributed by atoms with Gasteiger partial charge in [-0.15, -0.1) is 0 Å². The minimum absolute atomic E-state index is 0.240. The topological polar surface area (TPSA) is 18.5 Å². The summed E-state index contributed by atoms with van der Waals surface area (Å²) in [6.45, 7) is 1.91. The third kappa shape index (κ3) is 6.26. The van der Waals surface area contributed by atoms with E-state index in [-0.39, 0.29) is 6.07 Å². The molecule has 0 saturated heterocycles. The van der Waals surface area contributed by atoms with Crippen LogP contribution in [0.1, 0.15) is 30.0 Å². The summed E-state index contributed by atoms with van der Waals surface area (Å²) in [5, 5.41) is 0. The first-order valence-corrected chi connectivity index (χ1v) is 11.9. The van der Waals surface area contributed by atoms with Crippen molar-refractivity contribution in [3.05, 3.63) is 118 Å². The quantitative estimate of drug-likeness (QED) is 0.143. The Labute approximate surface area is 226 Å². The van der Waals surface area contributed by atoms with E-state index in [4.69, 9.17) is 0 Å². The summed E-state index contributed by atoms with van der Waals surface area (Å²) >= 11 is 0. The van der Waals surface area contributed by atoms with Gasteiger partial charge in [-0.3, -0.25) is 0 Å². The maximum atomic E-state index is 14.7. The van der Waals surface area contributed by atoms with Crippen LogP contribution in [0.25, 0.3) is 11.1 Å². The fourth-order valence-corrected chi connectivity index (χ4v) is 3.89. The van der Waals surface area contributed by atoms with Crippen molar-refractivity contribution in [2.24, 2.45) is 0 Å². The molecule has 0 heterocycles. The number of hydrogen-bond acceptors (Lipinski definition) is 2. The van der Waals surface area contributed by atoms with Crippen LogP contribution < -0.4 is 9.47 Å². The molecule has 0 aliphatic rings. The molecule has 0 amide bonds. The minimum Gasteiger partial charge on any atom is -0.429 e. The average molecular weight is 588 g/mol. The number of aryl methyl sites for hydroxylation is 1. The third-order valence-corrected chi connectivity index (χ3v) is 5.91. The molecule has 216 valence electrons. The van der Waals surface area contributed by atoms with Gasteiger partial charge in [-0.2, -0.15) is 22.0 Å². The van der Waals surface area contributed by atoms with E-state index < -0.39 is 80.9 Å². The Balaban J connectivity index is 1.55. The zero-order valence-corrected chi connectivity index (χ0v) is 20.9. The summed E-state index contributed by atoms with van der Waals surface area (Å²) in [4.78, 5) is 0. The second-order valence-corrected chi connectivity index (χ2v) is 8.82. The molecule has 0 aromatic heterocycles. The van der Waals surface area contributed by atoms with Crippen LogP contribution >= 0.6 is 0 Å². The highest BCUT2D eigenvalue weighted by Gasteiger charge is 2.40. The van der Waals surface area contributed by atoms with E-state index in [1.807, 2.05) is 6.92 Å².